The molecule has 7 heteroatoms. The highest BCUT2D eigenvalue weighted by atomic mass is 17.1. The summed E-state index contributed by atoms with van der Waals surface area (Å²) in [5.74, 6) is 0. The standard InChI is InChI=1S/C6H12O7/c7-1-2-3(8)4(9)5(10)6(12-2)13-11/h2-11H,1H2/t2-,3-,4+,5-,6-/m1/s1. The maximum atomic E-state index is 9.19. The summed E-state index contributed by atoms with van der Waals surface area (Å²) in [5, 5.41) is 44.4. The zero-order valence-electron chi connectivity index (χ0n) is 6.65. The van der Waals surface area contributed by atoms with E-state index in [0.29, 0.717) is 0 Å². The minimum atomic E-state index is -1.55. The van der Waals surface area contributed by atoms with Crippen molar-refractivity contribution >= 4 is 0 Å². The predicted octanol–water partition coefficient (Wildman–Crippen LogP) is -2.72. The molecule has 0 spiro atoms. The molecule has 1 aliphatic rings. The van der Waals surface area contributed by atoms with Crippen LogP contribution in [0.4, 0.5) is 0 Å². The van der Waals surface area contributed by atoms with Crippen LogP contribution in [0.2, 0.25) is 0 Å². The molecule has 78 valence electrons. The predicted molar refractivity (Wildman–Crippen MR) is 37.5 cm³/mol. The van der Waals surface area contributed by atoms with Gasteiger partial charge in [-0.25, -0.2) is 10.1 Å². The molecule has 0 radical (unpaired) electrons. The molecule has 7 nitrogen and oxygen atoms in total. The zero-order chi connectivity index (χ0) is 10.0. The minimum absolute atomic E-state index is 0.551. The molecule has 5 atom stereocenters. The van der Waals surface area contributed by atoms with Crippen molar-refractivity contribution in [3.63, 3.8) is 0 Å². The summed E-state index contributed by atoms with van der Waals surface area (Å²) >= 11 is 0. The van der Waals surface area contributed by atoms with Crippen LogP contribution < -0.4 is 0 Å². The van der Waals surface area contributed by atoms with Gasteiger partial charge in [-0.05, 0) is 0 Å². The van der Waals surface area contributed by atoms with Crippen molar-refractivity contribution in [3.8, 4) is 0 Å². The molecule has 5 N–H and O–H groups in total. The van der Waals surface area contributed by atoms with Gasteiger partial charge in [0.2, 0.25) is 6.29 Å². The fraction of sp³-hybridized carbons (Fsp3) is 1.00. The average Bonchev–Trinajstić information content (AvgIpc) is 2.15. The quantitative estimate of drug-likeness (QED) is 0.240. The van der Waals surface area contributed by atoms with Crippen LogP contribution in [0.15, 0.2) is 0 Å². The number of hydrogen-bond acceptors (Lipinski definition) is 7. The summed E-state index contributed by atoms with van der Waals surface area (Å²) in [6.07, 6.45) is -7.04. The van der Waals surface area contributed by atoms with Gasteiger partial charge in [0.25, 0.3) is 0 Å². The van der Waals surface area contributed by atoms with Crippen LogP contribution in [-0.2, 0) is 9.62 Å². The number of aliphatic hydroxyl groups excluding tert-OH is 4. The van der Waals surface area contributed by atoms with E-state index in [0.717, 1.165) is 0 Å². The molecule has 13 heavy (non-hydrogen) atoms. The van der Waals surface area contributed by atoms with Crippen molar-refractivity contribution < 1.29 is 35.3 Å². The lowest BCUT2D eigenvalue weighted by molar-refractivity contribution is -0.404. The molecule has 0 aromatic heterocycles. The molecule has 0 bridgehead atoms. The minimum Gasteiger partial charge on any atom is -0.394 e. The first-order chi connectivity index (χ1) is 6.11. The van der Waals surface area contributed by atoms with Crippen molar-refractivity contribution in [2.75, 3.05) is 6.61 Å². The average molecular weight is 196 g/mol. The van der Waals surface area contributed by atoms with Crippen LogP contribution in [0.25, 0.3) is 0 Å². The Morgan fingerprint density at radius 2 is 1.69 bits per heavy atom. The molecule has 0 aromatic rings. The lowest BCUT2D eigenvalue weighted by Crippen LogP contribution is -2.58. The number of ether oxygens (including phenoxy) is 1. The van der Waals surface area contributed by atoms with Gasteiger partial charge in [-0.1, -0.05) is 0 Å². The Kier molecular flexibility index (Phi) is 3.56. The summed E-state index contributed by atoms with van der Waals surface area (Å²) in [4.78, 5) is 3.70. The van der Waals surface area contributed by atoms with Crippen molar-refractivity contribution in [3.05, 3.63) is 0 Å². The Morgan fingerprint density at radius 3 is 2.15 bits per heavy atom. The monoisotopic (exact) mass is 196 g/mol. The zero-order valence-corrected chi connectivity index (χ0v) is 6.65. The van der Waals surface area contributed by atoms with Crippen molar-refractivity contribution in [2.45, 2.75) is 30.7 Å². The molecule has 0 unspecified atom stereocenters. The first-order valence-electron chi connectivity index (χ1n) is 3.72. The Balaban J connectivity index is 2.66. The maximum Gasteiger partial charge on any atom is 0.220 e. The van der Waals surface area contributed by atoms with E-state index in [1.165, 1.54) is 0 Å². The third-order valence-electron chi connectivity index (χ3n) is 1.95. The summed E-state index contributed by atoms with van der Waals surface area (Å²) in [6, 6.07) is 0. The normalized spacial score (nSPS) is 46.4. The first kappa shape index (κ1) is 10.8. The highest BCUT2D eigenvalue weighted by molar-refractivity contribution is 4.88. The SMILES string of the molecule is OC[C@H]1O[C@H](OO)[C@H](O)[C@@H](O)[C@@H]1O. The molecule has 0 aromatic carbocycles. The van der Waals surface area contributed by atoms with Gasteiger partial charge < -0.3 is 25.2 Å². The van der Waals surface area contributed by atoms with E-state index in [9.17, 15) is 5.11 Å². The van der Waals surface area contributed by atoms with E-state index >= 15 is 0 Å². The van der Waals surface area contributed by atoms with Crippen molar-refractivity contribution in [2.24, 2.45) is 0 Å². The largest absolute Gasteiger partial charge is 0.394 e. The fourth-order valence-corrected chi connectivity index (χ4v) is 1.15. The molecule has 1 rings (SSSR count). The molecule has 0 saturated carbocycles. The topological polar surface area (TPSA) is 120 Å². The van der Waals surface area contributed by atoms with Gasteiger partial charge >= 0.3 is 0 Å². The van der Waals surface area contributed by atoms with Gasteiger partial charge in [0.1, 0.15) is 24.4 Å². The lowest BCUT2D eigenvalue weighted by atomic mass is 9.99. The van der Waals surface area contributed by atoms with E-state index in [-0.39, 0.29) is 0 Å². The molecule has 0 aliphatic carbocycles. The van der Waals surface area contributed by atoms with Gasteiger partial charge in [0.05, 0.1) is 6.61 Å². The highest BCUT2D eigenvalue weighted by Crippen LogP contribution is 2.20. The van der Waals surface area contributed by atoms with Crippen LogP contribution in [0.1, 0.15) is 0 Å². The Bertz CT molecular complexity index is 143. The van der Waals surface area contributed by atoms with Crippen LogP contribution in [-0.4, -0.2) is 63.0 Å². The van der Waals surface area contributed by atoms with Crippen molar-refractivity contribution in [1.29, 1.82) is 0 Å². The van der Waals surface area contributed by atoms with E-state index in [4.69, 9.17) is 25.3 Å². The first-order valence-corrected chi connectivity index (χ1v) is 3.72. The third-order valence-corrected chi connectivity index (χ3v) is 1.95. The van der Waals surface area contributed by atoms with E-state index in [1.807, 2.05) is 0 Å². The van der Waals surface area contributed by atoms with Crippen molar-refractivity contribution in [1.82, 2.24) is 0 Å². The van der Waals surface area contributed by atoms with Crippen LogP contribution in [0.5, 0.6) is 0 Å². The van der Waals surface area contributed by atoms with E-state index in [2.05, 4.69) is 4.89 Å². The molecule has 1 heterocycles. The molecule has 1 fully saturated rings. The summed E-state index contributed by atoms with van der Waals surface area (Å²) in [7, 11) is 0. The number of hydrogen-bond donors (Lipinski definition) is 5. The highest BCUT2D eigenvalue weighted by Gasteiger charge is 2.44. The van der Waals surface area contributed by atoms with Gasteiger partial charge in [0, 0.05) is 0 Å². The van der Waals surface area contributed by atoms with Gasteiger partial charge in [-0.3, -0.25) is 0 Å². The van der Waals surface area contributed by atoms with Gasteiger partial charge in [-0.15, -0.1) is 0 Å². The second kappa shape index (κ2) is 4.29. The fourth-order valence-electron chi connectivity index (χ4n) is 1.15. The van der Waals surface area contributed by atoms with Crippen LogP contribution in [0.3, 0.4) is 0 Å². The lowest BCUT2D eigenvalue weighted by Gasteiger charge is -2.37. The summed E-state index contributed by atoms with van der Waals surface area (Å²) in [6.45, 7) is -0.551. The Hall–Kier alpha value is -0.280. The Labute approximate surface area is 73.7 Å². The maximum absolute atomic E-state index is 9.19. The summed E-state index contributed by atoms with van der Waals surface area (Å²) in [5.41, 5.74) is 0. The number of rotatable bonds is 2. The Morgan fingerprint density at radius 1 is 1.08 bits per heavy atom. The third kappa shape index (κ3) is 1.97. The second-order valence-electron chi connectivity index (χ2n) is 2.80. The molecule has 1 aliphatic heterocycles. The van der Waals surface area contributed by atoms with Gasteiger partial charge in [-0.2, -0.15) is 0 Å². The van der Waals surface area contributed by atoms with E-state index in [1.54, 1.807) is 0 Å². The second-order valence-corrected chi connectivity index (χ2v) is 2.80. The molecular weight excluding hydrogens is 184 g/mol. The molecular formula is C6H12O7. The molecule has 1 saturated heterocycles. The van der Waals surface area contributed by atoms with E-state index < -0.39 is 37.3 Å². The smallest absolute Gasteiger partial charge is 0.220 e. The van der Waals surface area contributed by atoms with Gasteiger partial charge in [0.15, 0.2) is 0 Å². The number of aliphatic hydroxyl groups is 4. The van der Waals surface area contributed by atoms with Crippen LogP contribution in [0, 0.1) is 0 Å². The van der Waals surface area contributed by atoms with Crippen LogP contribution >= 0.6 is 0 Å². The molecule has 0 amide bonds. The summed E-state index contributed by atoms with van der Waals surface area (Å²) < 4.78 is 4.70.